The Morgan fingerprint density at radius 3 is 2.65 bits per heavy atom. The number of likely N-dealkylation sites (N-methyl/N-ethyl adjacent to an activating group) is 1. The molecule has 2 fully saturated rings. The molecule has 0 radical (unpaired) electrons. The third-order valence-corrected chi connectivity index (χ3v) is 6.40. The number of anilines is 2. The van der Waals surface area contributed by atoms with E-state index in [1.807, 2.05) is 24.0 Å². The first kappa shape index (κ1) is 21.6. The summed E-state index contributed by atoms with van der Waals surface area (Å²) in [5.74, 6) is 0.926. The number of aromatic nitrogens is 1. The molecule has 3 heterocycles. The SMILES string of the molecule is CCN(C(=O)Nc1ccc(N2CCOCC2)nc1)C1CCN(C(C)c2ccccc2)C1. The largest absolute Gasteiger partial charge is 0.378 e. The lowest BCUT2D eigenvalue weighted by atomic mass is 10.1. The van der Waals surface area contributed by atoms with Crippen LogP contribution in [-0.4, -0.2) is 72.8 Å². The van der Waals surface area contributed by atoms with Crippen molar-refractivity contribution in [2.75, 3.05) is 56.2 Å². The molecule has 2 amide bonds. The number of amides is 2. The number of likely N-dealkylation sites (tertiary alicyclic amines) is 1. The van der Waals surface area contributed by atoms with E-state index < -0.39 is 0 Å². The highest BCUT2D eigenvalue weighted by molar-refractivity contribution is 5.89. The Kier molecular flexibility index (Phi) is 7.04. The lowest BCUT2D eigenvalue weighted by Gasteiger charge is -2.30. The van der Waals surface area contributed by atoms with Crippen molar-refractivity contribution in [2.45, 2.75) is 32.4 Å². The number of benzene rings is 1. The maximum atomic E-state index is 13.0. The van der Waals surface area contributed by atoms with Gasteiger partial charge in [-0.25, -0.2) is 9.78 Å². The lowest BCUT2D eigenvalue weighted by molar-refractivity contribution is 0.122. The number of nitrogens with zero attached hydrogens (tertiary/aromatic N) is 4. The summed E-state index contributed by atoms with van der Waals surface area (Å²) in [5, 5.41) is 3.04. The fourth-order valence-electron chi connectivity index (χ4n) is 4.52. The molecule has 2 aliphatic heterocycles. The van der Waals surface area contributed by atoms with E-state index in [9.17, 15) is 4.79 Å². The smallest absolute Gasteiger partial charge is 0.322 e. The number of pyridine rings is 1. The molecule has 0 saturated carbocycles. The number of morpholine rings is 1. The van der Waals surface area contributed by atoms with Crippen molar-refractivity contribution in [3.05, 3.63) is 54.2 Å². The molecule has 1 aromatic carbocycles. The van der Waals surface area contributed by atoms with Gasteiger partial charge in [0.2, 0.25) is 0 Å². The van der Waals surface area contributed by atoms with E-state index in [4.69, 9.17) is 4.74 Å². The summed E-state index contributed by atoms with van der Waals surface area (Å²) < 4.78 is 5.40. The summed E-state index contributed by atoms with van der Waals surface area (Å²) in [5.41, 5.74) is 2.05. The van der Waals surface area contributed by atoms with Gasteiger partial charge < -0.3 is 19.9 Å². The van der Waals surface area contributed by atoms with Crippen molar-refractivity contribution in [3.63, 3.8) is 0 Å². The first-order valence-corrected chi connectivity index (χ1v) is 11.3. The van der Waals surface area contributed by atoms with E-state index in [0.29, 0.717) is 12.6 Å². The molecule has 166 valence electrons. The van der Waals surface area contributed by atoms with Crippen LogP contribution in [0, 0.1) is 0 Å². The average Bonchev–Trinajstić information content (AvgIpc) is 3.30. The van der Waals surface area contributed by atoms with Gasteiger partial charge in [0.25, 0.3) is 0 Å². The van der Waals surface area contributed by atoms with Gasteiger partial charge >= 0.3 is 6.03 Å². The van der Waals surface area contributed by atoms with Gasteiger partial charge in [-0.3, -0.25) is 4.90 Å². The number of urea groups is 1. The molecule has 0 aliphatic carbocycles. The molecule has 2 unspecified atom stereocenters. The minimum absolute atomic E-state index is 0.0531. The van der Waals surface area contributed by atoms with Gasteiger partial charge in [0.15, 0.2) is 0 Å². The van der Waals surface area contributed by atoms with Gasteiger partial charge in [0, 0.05) is 44.8 Å². The Hall–Kier alpha value is -2.64. The predicted molar refractivity (Wildman–Crippen MR) is 124 cm³/mol. The van der Waals surface area contributed by atoms with Crippen molar-refractivity contribution in [3.8, 4) is 0 Å². The number of rotatable bonds is 6. The zero-order chi connectivity index (χ0) is 21.6. The van der Waals surface area contributed by atoms with Crippen LogP contribution < -0.4 is 10.2 Å². The predicted octanol–water partition coefficient (Wildman–Crippen LogP) is 3.61. The van der Waals surface area contributed by atoms with Crippen LogP contribution in [0.3, 0.4) is 0 Å². The van der Waals surface area contributed by atoms with E-state index in [-0.39, 0.29) is 12.1 Å². The third-order valence-electron chi connectivity index (χ3n) is 6.40. The minimum Gasteiger partial charge on any atom is -0.378 e. The average molecular weight is 424 g/mol. The number of hydrogen-bond acceptors (Lipinski definition) is 5. The standard InChI is InChI=1S/C24H33N5O2/c1-3-29(22-11-12-28(18-22)19(2)20-7-5-4-6-8-20)24(30)26-21-9-10-23(25-17-21)27-13-15-31-16-14-27/h4-10,17,19,22H,3,11-16,18H2,1-2H3,(H,26,30). The number of carbonyl (C=O) groups excluding carboxylic acids is 1. The summed E-state index contributed by atoms with van der Waals surface area (Å²) in [6.45, 7) is 10.0. The molecule has 0 bridgehead atoms. The molecule has 2 saturated heterocycles. The monoisotopic (exact) mass is 423 g/mol. The van der Waals surface area contributed by atoms with Gasteiger partial charge in [-0.2, -0.15) is 0 Å². The Morgan fingerprint density at radius 2 is 1.97 bits per heavy atom. The molecule has 2 aromatic rings. The second-order valence-corrected chi connectivity index (χ2v) is 8.24. The van der Waals surface area contributed by atoms with E-state index in [1.165, 1.54) is 5.56 Å². The maximum Gasteiger partial charge on any atom is 0.322 e. The Labute approximate surface area is 185 Å². The van der Waals surface area contributed by atoms with Crippen LogP contribution in [0.5, 0.6) is 0 Å². The summed E-state index contributed by atoms with van der Waals surface area (Å²) >= 11 is 0. The van der Waals surface area contributed by atoms with Crippen molar-refractivity contribution in [1.82, 2.24) is 14.8 Å². The zero-order valence-corrected chi connectivity index (χ0v) is 18.5. The van der Waals surface area contributed by atoms with Crippen LogP contribution in [0.4, 0.5) is 16.3 Å². The highest BCUT2D eigenvalue weighted by Crippen LogP contribution is 2.27. The Morgan fingerprint density at radius 1 is 1.19 bits per heavy atom. The van der Waals surface area contributed by atoms with E-state index >= 15 is 0 Å². The summed E-state index contributed by atoms with van der Waals surface area (Å²) in [6.07, 6.45) is 2.74. The Bertz CT molecular complexity index is 839. The number of nitrogens with one attached hydrogen (secondary N) is 1. The third kappa shape index (κ3) is 5.17. The van der Waals surface area contributed by atoms with Gasteiger partial charge in [0.1, 0.15) is 5.82 Å². The quantitative estimate of drug-likeness (QED) is 0.769. The van der Waals surface area contributed by atoms with Gasteiger partial charge in [-0.15, -0.1) is 0 Å². The first-order valence-electron chi connectivity index (χ1n) is 11.3. The van der Waals surface area contributed by atoms with Gasteiger partial charge in [0.05, 0.1) is 25.1 Å². The zero-order valence-electron chi connectivity index (χ0n) is 18.5. The molecule has 0 spiro atoms. The van der Waals surface area contributed by atoms with Crippen LogP contribution in [0.1, 0.15) is 31.9 Å². The molecule has 7 nitrogen and oxygen atoms in total. The molecular formula is C24H33N5O2. The van der Waals surface area contributed by atoms with Crippen molar-refractivity contribution < 1.29 is 9.53 Å². The molecule has 4 rings (SSSR count). The second kappa shape index (κ2) is 10.1. The Balaban J connectivity index is 1.34. The fourth-order valence-corrected chi connectivity index (χ4v) is 4.52. The van der Waals surface area contributed by atoms with Crippen LogP contribution in [0.15, 0.2) is 48.7 Å². The normalized spacial score (nSPS) is 20.5. The number of carbonyl (C=O) groups is 1. The number of hydrogen-bond donors (Lipinski definition) is 1. The molecule has 1 aromatic heterocycles. The van der Waals surface area contributed by atoms with Crippen molar-refractivity contribution in [1.29, 1.82) is 0 Å². The van der Waals surface area contributed by atoms with Crippen molar-refractivity contribution >= 4 is 17.5 Å². The van der Waals surface area contributed by atoms with E-state index in [2.05, 4.69) is 57.4 Å². The molecule has 7 heteroatoms. The summed E-state index contributed by atoms with van der Waals surface area (Å²) in [7, 11) is 0. The first-order chi connectivity index (χ1) is 15.2. The van der Waals surface area contributed by atoms with Crippen LogP contribution >= 0.6 is 0 Å². The van der Waals surface area contributed by atoms with Crippen LogP contribution in [0.25, 0.3) is 0 Å². The van der Waals surface area contributed by atoms with Crippen LogP contribution in [0.2, 0.25) is 0 Å². The van der Waals surface area contributed by atoms with Crippen LogP contribution in [-0.2, 0) is 4.74 Å². The van der Waals surface area contributed by atoms with E-state index in [1.54, 1.807) is 6.20 Å². The molecule has 2 atom stereocenters. The highest BCUT2D eigenvalue weighted by Gasteiger charge is 2.32. The van der Waals surface area contributed by atoms with Gasteiger partial charge in [-0.05, 0) is 38.0 Å². The minimum atomic E-state index is -0.0531. The molecule has 31 heavy (non-hydrogen) atoms. The molecule has 2 aliphatic rings. The lowest BCUT2D eigenvalue weighted by Crippen LogP contribution is -2.44. The van der Waals surface area contributed by atoms with Crippen molar-refractivity contribution in [2.24, 2.45) is 0 Å². The summed E-state index contributed by atoms with van der Waals surface area (Å²) in [4.78, 5) is 24.2. The van der Waals surface area contributed by atoms with Gasteiger partial charge in [-0.1, -0.05) is 30.3 Å². The molecular weight excluding hydrogens is 390 g/mol. The molecule has 1 N–H and O–H groups in total. The maximum absolute atomic E-state index is 13.0. The topological polar surface area (TPSA) is 60.9 Å². The van der Waals surface area contributed by atoms with E-state index in [0.717, 1.165) is 57.3 Å². The number of ether oxygens (including phenoxy) is 1. The summed E-state index contributed by atoms with van der Waals surface area (Å²) in [6, 6.07) is 15.0. The highest BCUT2D eigenvalue weighted by atomic mass is 16.5. The fraction of sp³-hybridized carbons (Fsp3) is 0.500. The second-order valence-electron chi connectivity index (χ2n) is 8.24.